The van der Waals surface area contributed by atoms with E-state index in [1.165, 1.54) is 24.3 Å². The molecule has 0 aliphatic heterocycles. The number of hydrogen-bond acceptors (Lipinski definition) is 7. The molecule has 0 radical (unpaired) electrons. The first-order chi connectivity index (χ1) is 10.0. The average molecular weight is 285 g/mol. The smallest absolute Gasteiger partial charge is 0.262 e. The molecule has 0 aliphatic carbocycles. The van der Waals surface area contributed by atoms with Crippen molar-refractivity contribution in [3.8, 4) is 40.1 Å². The highest BCUT2D eigenvalue weighted by atomic mass is 16.5. The molecule has 3 rings (SSSR count). The molecule has 0 saturated carbocycles. The van der Waals surface area contributed by atoms with E-state index in [-0.39, 0.29) is 29.0 Å². The van der Waals surface area contributed by atoms with Gasteiger partial charge in [-0.2, -0.15) is 4.98 Å². The van der Waals surface area contributed by atoms with Gasteiger partial charge in [-0.3, -0.25) is 0 Å². The second-order valence-electron chi connectivity index (χ2n) is 4.40. The summed E-state index contributed by atoms with van der Waals surface area (Å²) >= 11 is 0. The molecule has 21 heavy (non-hydrogen) atoms. The van der Waals surface area contributed by atoms with Crippen molar-refractivity contribution < 1.29 is 19.8 Å². The van der Waals surface area contributed by atoms with Crippen molar-refractivity contribution in [3.63, 3.8) is 0 Å². The van der Waals surface area contributed by atoms with Gasteiger partial charge in [0.25, 0.3) is 5.89 Å². The van der Waals surface area contributed by atoms with E-state index in [2.05, 4.69) is 10.1 Å². The summed E-state index contributed by atoms with van der Waals surface area (Å²) in [6.07, 6.45) is 0. The lowest BCUT2D eigenvalue weighted by molar-refractivity contribution is 0.403. The Morgan fingerprint density at radius 2 is 1.71 bits per heavy atom. The number of nitrogen functional groups attached to an aromatic ring is 1. The van der Waals surface area contributed by atoms with Crippen LogP contribution in [0.5, 0.6) is 17.2 Å². The molecule has 0 unspecified atom stereocenters. The lowest BCUT2D eigenvalue weighted by atomic mass is 10.1. The van der Waals surface area contributed by atoms with Gasteiger partial charge in [-0.1, -0.05) is 5.16 Å². The van der Waals surface area contributed by atoms with Gasteiger partial charge in [0.05, 0.1) is 5.56 Å². The summed E-state index contributed by atoms with van der Waals surface area (Å²) < 4.78 is 5.09. The van der Waals surface area contributed by atoms with Gasteiger partial charge in [-0.25, -0.2) is 0 Å². The second kappa shape index (κ2) is 4.71. The standard InChI is InChI=1S/C14H11N3O4/c15-8-2-3-9(11(19)6-8)14-16-13(17-21-14)7-1-4-10(18)12(20)5-7/h1-6,18-20H,15H2. The molecule has 0 atom stereocenters. The molecule has 0 amide bonds. The number of phenolic OH excluding ortho intramolecular Hbond substituents is 3. The molecule has 0 bridgehead atoms. The Bertz CT molecular complexity index is 814. The molecule has 0 spiro atoms. The highest BCUT2D eigenvalue weighted by Gasteiger charge is 2.15. The second-order valence-corrected chi connectivity index (χ2v) is 4.40. The first-order valence-electron chi connectivity index (χ1n) is 5.99. The minimum atomic E-state index is -0.283. The number of anilines is 1. The quantitative estimate of drug-likeness (QED) is 0.419. The Labute approximate surface area is 118 Å². The van der Waals surface area contributed by atoms with Crippen LogP contribution in [0.4, 0.5) is 5.69 Å². The third kappa shape index (κ3) is 2.32. The van der Waals surface area contributed by atoms with Crippen molar-refractivity contribution in [1.29, 1.82) is 0 Å². The van der Waals surface area contributed by atoms with Crippen molar-refractivity contribution in [2.45, 2.75) is 0 Å². The first-order valence-corrected chi connectivity index (χ1v) is 5.99. The fourth-order valence-corrected chi connectivity index (χ4v) is 1.84. The van der Waals surface area contributed by atoms with Crippen LogP contribution >= 0.6 is 0 Å². The van der Waals surface area contributed by atoms with E-state index in [1.807, 2.05) is 0 Å². The zero-order chi connectivity index (χ0) is 15.0. The van der Waals surface area contributed by atoms with Gasteiger partial charge in [-0.05, 0) is 30.3 Å². The number of hydrogen-bond donors (Lipinski definition) is 4. The van der Waals surface area contributed by atoms with Crippen LogP contribution in [0.2, 0.25) is 0 Å². The number of nitrogens with two attached hydrogens (primary N) is 1. The van der Waals surface area contributed by atoms with E-state index in [4.69, 9.17) is 10.3 Å². The van der Waals surface area contributed by atoms with E-state index in [1.54, 1.807) is 12.1 Å². The maximum Gasteiger partial charge on any atom is 0.262 e. The molecule has 7 nitrogen and oxygen atoms in total. The van der Waals surface area contributed by atoms with Crippen LogP contribution in [0.15, 0.2) is 40.9 Å². The van der Waals surface area contributed by atoms with Gasteiger partial charge in [-0.15, -0.1) is 0 Å². The summed E-state index contributed by atoms with van der Waals surface area (Å²) in [6, 6.07) is 8.72. The van der Waals surface area contributed by atoms with Gasteiger partial charge in [0.1, 0.15) is 5.75 Å². The molecule has 5 N–H and O–H groups in total. The molecule has 106 valence electrons. The van der Waals surface area contributed by atoms with Gasteiger partial charge in [0.2, 0.25) is 5.82 Å². The summed E-state index contributed by atoms with van der Waals surface area (Å²) in [5.74, 6) is -0.252. The summed E-state index contributed by atoms with van der Waals surface area (Å²) in [6.45, 7) is 0. The Morgan fingerprint density at radius 3 is 2.43 bits per heavy atom. The maximum absolute atomic E-state index is 9.82. The van der Waals surface area contributed by atoms with Crippen LogP contribution in [0.3, 0.4) is 0 Å². The minimum Gasteiger partial charge on any atom is -0.507 e. The molecule has 7 heteroatoms. The van der Waals surface area contributed by atoms with Crippen molar-refractivity contribution in [2.75, 3.05) is 5.73 Å². The topological polar surface area (TPSA) is 126 Å². The Kier molecular flexibility index (Phi) is 2.87. The van der Waals surface area contributed by atoms with Crippen LogP contribution in [0, 0.1) is 0 Å². The third-order valence-corrected chi connectivity index (χ3v) is 2.91. The predicted octanol–water partition coefficient (Wildman–Crippen LogP) is 2.10. The lowest BCUT2D eigenvalue weighted by Crippen LogP contribution is -1.86. The zero-order valence-electron chi connectivity index (χ0n) is 10.7. The lowest BCUT2D eigenvalue weighted by Gasteiger charge is -2.00. The Hall–Kier alpha value is -3.22. The van der Waals surface area contributed by atoms with Gasteiger partial charge >= 0.3 is 0 Å². The van der Waals surface area contributed by atoms with Crippen molar-refractivity contribution in [3.05, 3.63) is 36.4 Å². The molecule has 3 aromatic rings. The molecule has 0 aliphatic rings. The molecule has 1 heterocycles. The number of phenols is 3. The summed E-state index contributed by atoms with van der Waals surface area (Å²) in [5.41, 5.74) is 6.79. The molecular formula is C14H11N3O4. The number of benzene rings is 2. The van der Waals surface area contributed by atoms with Crippen LogP contribution in [-0.2, 0) is 0 Å². The van der Waals surface area contributed by atoms with Crippen LogP contribution in [0.1, 0.15) is 0 Å². The van der Waals surface area contributed by atoms with Crippen LogP contribution in [0.25, 0.3) is 22.8 Å². The SMILES string of the molecule is Nc1ccc(-c2nc(-c3ccc(O)c(O)c3)no2)c(O)c1. The molecule has 1 aromatic heterocycles. The molecule has 0 saturated heterocycles. The summed E-state index contributed by atoms with van der Waals surface area (Å²) in [7, 11) is 0. The molecular weight excluding hydrogens is 274 g/mol. The number of aromatic hydroxyl groups is 3. The molecule has 2 aromatic carbocycles. The number of aromatic nitrogens is 2. The monoisotopic (exact) mass is 285 g/mol. The Balaban J connectivity index is 2.01. The first kappa shape index (κ1) is 12.8. The largest absolute Gasteiger partial charge is 0.507 e. The number of nitrogens with zero attached hydrogens (tertiary/aromatic N) is 2. The van der Waals surface area contributed by atoms with E-state index in [9.17, 15) is 15.3 Å². The van der Waals surface area contributed by atoms with E-state index >= 15 is 0 Å². The normalized spacial score (nSPS) is 10.7. The van der Waals surface area contributed by atoms with Gasteiger partial charge in [0.15, 0.2) is 11.5 Å². The fraction of sp³-hybridized carbons (Fsp3) is 0. The predicted molar refractivity (Wildman–Crippen MR) is 74.6 cm³/mol. The number of rotatable bonds is 2. The zero-order valence-corrected chi connectivity index (χ0v) is 10.7. The highest BCUT2D eigenvalue weighted by molar-refractivity contribution is 5.68. The van der Waals surface area contributed by atoms with E-state index in [0.29, 0.717) is 16.8 Å². The van der Waals surface area contributed by atoms with Crippen molar-refractivity contribution >= 4 is 5.69 Å². The minimum absolute atomic E-state index is 0.0706. The summed E-state index contributed by atoms with van der Waals surface area (Å²) in [5, 5.41) is 32.3. The van der Waals surface area contributed by atoms with Crippen LogP contribution < -0.4 is 5.73 Å². The Morgan fingerprint density at radius 1 is 0.905 bits per heavy atom. The van der Waals surface area contributed by atoms with Crippen molar-refractivity contribution in [1.82, 2.24) is 10.1 Å². The van der Waals surface area contributed by atoms with Crippen LogP contribution in [-0.4, -0.2) is 25.5 Å². The van der Waals surface area contributed by atoms with Crippen molar-refractivity contribution in [2.24, 2.45) is 0 Å². The third-order valence-electron chi connectivity index (χ3n) is 2.91. The maximum atomic E-state index is 9.82. The molecule has 0 fully saturated rings. The fourth-order valence-electron chi connectivity index (χ4n) is 1.84. The van der Waals surface area contributed by atoms with E-state index < -0.39 is 0 Å². The van der Waals surface area contributed by atoms with Gasteiger partial charge in [0, 0.05) is 17.3 Å². The average Bonchev–Trinajstić information content (AvgIpc) is 2.91. The van der Waals surface area contributed by atoms with E-state index in [0.717, 1.165) is 0 Å². The summed E-state index contributed by atoms with van der Waals surface area (Å²) in [4.78, 5) is 4.14. The highest BCUT2D eigenvalue weighted by Crippen LogP contribution is 2.33. The van der Waals surface area contributed by atoms with Gasteiger partial charge < -0.3 is 25.6 Å².